The summed E-state index contributed by atoms with van der Waals surface area (Å²) in [6.07, 6.45) is -0.735. The number of nitrogens with zero attached hydrogens (tertiary/aromatic N) is 2. The zero-order valence-electron chi connectivity index (χ0n) is 11.3. The normalized spacial score (nSPS) is 12.2. The summed E-state index contributed by atoms with van der Waals surface area (Å²) in [5.41, 5.74) is 5.72. The molecular weight excluding hydrogens is 268 g/mol. The molecule has 8 heteroatoms. The molecule has 108 valence electrons. The highest BCUT2D eigenvalue weighted by Crippen LogP contribution is 2.27. The van der Waals surface area contributed by atoms with Gasteiger partial charge in [0.1, 0.15) is 10.7 Å². The lowest BCUT2D eigenvalue weighted by molar-refractivity contribution is 0.0611. The van der Waals surface area contributed by atoms with Crippen molar-refractivity contribution in [1.82, 2.24) is 10.3 Å². The van der Waals surface area contributed by atoms with Gasteiger partial charge in [0.25, 0.3) is 5.91 Å². The van der Waals surface area contributed by atoms with E-state index in [9.17, 15) is 9.90 Å². The van der Waals surface area contributed by atoms with Gasteiger partial charge in [0.15, 0.2) is 5.13 Å². The molecule has 1 atom stereocenters. The molecule has 0 radical (unpaired) electrons. The minimum absolute atomic E-state index is 0.114. The highest BCUT2D eigenvalue weighted by molar-refractivity contribution is 7.18. The number of carbonyl (C=O) groups is 1. The third-order valence-electron chi connectivity index (χ3n) is 2.51. The van der Waals surface area contributed by atoms with E-state index in [1.54, 1.807) is 0 Å². The number of aromatic nitrogens is 1. The van der Waals surface area contributed by atoms with Crippen molar-refractivity contribution in [2.45, 2.75) is 13.0 Å². The Balaban J connectivity index is 2.64. The van der Waals surface area contributed by atoms with Crippen LogP contribution in [0.25, 0.3) is 0 Å². The second-order valence-corrected chi connectivity index (χ2v) is 5.02. The summed E-state index contributed by atoms with van der Waals surface area (Å²) < 4.78 is 4.77. The van der Waals surface area contributed by atoms with Crippen LogP contribution in [0.15, 0.2) is 0 Å². The second-order valence-electron chi connectivity index (χ2n) is 4.04. The molecule has 0 aromatic carbocycles. The Hall–Kier alpha value is -1.38. The van der Waals surface area contributed by atoms with Crippen LogP contribution in [0.3, 0.4) is 0 Å². The number of amides is 1. The van der Waals surface area contributed by atoms with Crippen molar-refractivity contribution in [3.8, 4) is 0 Å². The van der Waals surface area contributed by atoms with Crippen molar-refractivity contribution in [3.05, 3.63) is 4.88 Å². The van der Waals surface area contributed by atoms with E-state index in [4.69, 9.17) is 10.5 Å². The quantitative estimate of drug-likeness (QED) is 0.649. The summed E-state index contributed by atoms with van der Waals surface area (Å²) in [7, 11) is 3.36. The molecule has 1 amide bonds. The SMILES string of the molecule is CCN(C)c1nc(N)c(C(=O)NCC(O)COC)s1. The molecule has 0 saturated heterocycles. The summed E-state index contributed by atoms with van der Waals surface area (Å²) in [5, 5.41) is 12.7. The highest BCUT2D eigenvalue weighted by atomic mass is 32.1. The molecule has 0 fully saturated rings. The molecule has 4 N–H and O–H groups in total. The summed E-state index contributed by atoms with van der Waals surface area (Å²) >= 11 is 1.23. The topological polar surface area (TPSA) is 101 Å². The van der Waals surface area contributed by atoms with Crippen LogP contribution in [-0.2, 0) is 4.74 Å². The zero-order valence-corrected chi connectivity index (χ0v) is 12.2. The van der Waals surface area contributed by atoms with Gasteiger partial charge in [0.05, 0.1) is 12.7 Å². The van der Waals surface area contributed by atoms with Gasteiger partial charge in [-0.3, -0.25) is 4.79 Å². The lowest BCUT2D eigenvalue weighted by Gasteiger charge is -2.11. The van der Waals surface area contributed by atoms with Crippen molar-refractivity contribution < 1.29 is 14.6 Å². The molecule has 1 aromatic rings. The van der Waals surface area contributed by atoms with Crippen molar-refractivity contribution in [2.24, 2.45) is 0 Å². The maximum Gasteiger partial charge on any atom is 0.265 e. The zero-order chi connectivity index (χ0) is 14.4. The number of carbonyl (C=O) groups excluding carboxylic acids is 1. The van der Waals surface area contributed by atoms with Crippen LogP contribution < -0.4 is 16.0 Å². The van der Waals surface area contributed by atoms with Gasteiger partial charge in [-0.2, -0.15) is 0 Å². The van der Waals surface area contributed by atoms with Gasteiger partial charge in [-0.25, -0.2) is 4.98 Å². The molecule has 0 aliphatic rings. The van der Waals surface area contributed by atoms with E-state index in [0.717, 1.165) is 6.54 Å². The van der Waals surface area contributed by atoms with Gasteiger partial charge >= 0.3 is 0 Å². The summed E-state index contributed by atoms with van der Waals surface area (Å²) in [6.45, 7) is 3.05. The largest absolute Gasteiger partial charge is 0.389 e. The first kappa shape index (κ1) is 15.7. The molecule has 0 aliphatic heterocycles. The molecule has 0 spiro atoms. The molecule has 7 nitrogen and oxygen atoms in total. The minimum Gasteiger partial charge on any atom is -0.389 e. The Kier molecular flexibility index (Phi) is 6.00. The Bertz CT molecular complexity index is 424. The molecular formula is C11H20N4O3S. The first-order chi connectivity index (χ1) is 8.99. The van der Waals surface area contributed by atoms with Gasteiger partial charge < -0.3 is 25.8 Å². The van der Waals surface area contributed by atoms with Crippen LogP contribution >= 0.6 is 11.3 Å². The van der Waals surface area contributed by atoms with Gasteiger partial charge in [-0.1, -0.05) is 11.3 Å². The number of aliphatic hydroxyl groups excluding tert-OH is 1. The summed E-state index contributed by atoms with van der Waals surface area (Å²) in [6, 6.07) is 0. The number of nitrogens with two attached hydrogens (primary N) is 1. The number of ether oxygens (including phenoxy) is 1. The number of rotatable bonds is 7. The van der Waals surface area contributed by atoms with E-state index in [-0.39, 0.29) is 24.9 Å². The number of hydrogen-bond acceptors (Lipinski definition) is 7. The lowest BCUT2D eigenvalue weighted by atomic mass is 10.3. The van der Waals surface area contributed by atoms with E-state index < -0.39 is 6.10 Å². The Morgan fingerprint density at radius 1 is 1.68 bits per heavy atom. The second kappa shape index (κ2) is 7.27. The predicted molar refractivity (Wildman–Crippen MR) is 75.7 cm³/mol. The Morgan fingerprint density at radius 2 is 2.37 bits per heavy atom. The summed E-state index contributed by atoms with van der Waals surface area (Å²) in [5.74, 6) is -0.125. The molecule has 1 unspecified atom stereocenters. The maximum atomic E-state index is 11.9. The third kappa shape index (κ3) is 4.34. The van der Waals surface area contributed by atoms with Crippen LogP contribution in [0.1, 0.15) is 16.6 Å². The average Bonchev–Trinajstić information content (AvgIpc) is 2.77. The monoisotopic (exact) mass is 288 g/mol. The molecule has 19 heavy (non-hydrogen) atoms. The Labute approximate surface area is 116 Å². The van der Waals surface area contributed by atoms with Crippen LogP contribution in [-0.4, -0.2) is 56.0 Å². The minimum atomic E-state index is -0.735. The van der Waals surface area contributed by atoms with Gasteiger partial charge in [-0.05, 0) is 6.92 Å². The number of anilines is 2. The van der Waals surface area contributed by atoms with Crippen molar-refractivity contribution in [3.63, 3.8) is 0 Å². The van der Waals surface area contributed by atoms with Crippen LogP contribution in [0.2, 0.25) is 0 Å². The molecule has 0 bridgehead atoms. The van der Waals surface area contributed by atoms with Crippen LogP contribution in [0, 0.1) is 0 Å². The van der Waals surface area contributed by atoms with Crippen molar-refractivity contribution in [1.29, 1.82) is 0 Å². The molecule has 0 aliphatic carbocycles. The fourth-order valence-electron chi connectivity index (χ4n) is 1.32. The van der Waals surface area contributed by atoms with Gasteiger partial charge in [0, 0.05) is 27.2 Å². The molecule has 1 rings (SSSR count). The molecule has 1 aromatic heterocycles. The highest BCUT2D eigenvalue weighted by Gasteiger charge is 2.18. The summed E-state index contributed by atoms with van der Waals surface area (Å²) in [4.78, 5) is 18.3. The first-order valence-electron chi connectivity index (χ1n) is 5.92. The Morgan fingerprint density at radius 3 is 2.95 bits per heavy atom. The van der Waals surface area contributed by atoms with E-state index in [1.807, 2.05) is 18.9 Å². The van der Waals surface area contributed by atoms with Crippen LogP contribution in [0.4, 0.5) is 10.9 Å². The molecule has 0 saturated carbocycles. The standard InChI is InChI=1S/C11H20N4O3S/c1-4-15(2)11-14-9(12)8(19-11)10(17)13-5-7(16)6-18-3/h7,16H,4-6,12H2,1-3H3,(H,13,17). The number of nitrogens with one attached hydrogen (secondary N) is 1. The molecule has 1 heterocycles. The van der Waals surface area contributed by atoms with E-state index in [2.05, 4.69) is 10.3 Å². The van der Waals surface area contributed by atoms with E-state index in [0.29, 0.717) is 10.0 Å². The van der Waals surface area contributed by atoms with Crippen molar-refractivity contribution in [2.75, 3.05) is 44.5 Å². The number of thiazole rings is 1. The van der Waals surface area contributed by atoms with Crippen LogP contribution in [0.5, 0.6) is 0 Å². The predicted octanol–water partition coefficient (Wildman–Crippen LogP) is -0.0815. The fourth-order valence-corrected chi connectivity index (χ4v) is 2.25. The number of hydrogen-bond donors (Lipinski definition) is 3. The smallest absolute Gasteiger partial charge is 0.265 e. The lowest BCUT2D eigenvalue weighted by Crippen LogP contribution is -2.34. The van der Waals surface area contributed by atoms with Crippen molar-refractivity contribution >= 4 is 28.2 Å². The van der Waals surface area contributed by atoms with Gasteiger partial charge in [0.2, 0.25) is 0 Å². The maximum absolute atomic E-state index is 11.9. The third-order valence-corrected chi connectivity index (χ3v) is 3.69. The first-order valence-corrected chi connectivity index (χ1v) is 6.73. The number of methoxy groups -OCH3 is 1. The number of nitrogen functional groups attached to an aromatic ring is 1. The van der Waals surface area contributed by atoms with Gasteiger partial charge in [-0.15, -0.1) is 0 Å². The van der Waals surface area contributed by atoms with E-state index >= 15 is 0 Å². The number of aliphatic hydroxyl groups is 1. The average molecular weight is 288 g/mol. The fraction of sp³-hybridized carbons (Fsp3) is 0.636. The van der Waals surface area contributed by atoms with E-state index in [1.165, 1.54) is 18.4 Å².